The Morgan fingerprint density at radius 3 is 2.54 bits per heavy atom. The summed E-state index contributed by atoms with van der Waals surface area (Å²) in [5, 5.41) is -0.332. The number of rotatable bonds is 10. The molecule has 158 valence electrons. The van der Waals surface area contributed by atoms with E-state index in [0.29, 0.717) is 18.4 Å². The van der Waals surface area contributed by atoms with Gasteiger partial charge in [0.25, 0.3) is 0 Å². The Balaban J connectivity index is 1.66. The number of hydrogen-bond donors (Lipinski definition) is 0. The van der Waals surface area contributed by atoms with Crippen LogP contribution in [0.4, 0.5) is 13.2 Å². The molecule has 1 fully saturated rings. The number of halogens is 4. The molecule has 7 heteroatoms. The maximum atomic E-state index is 12.7. The normalized spacial score (nSPS) is 20.5. The van der Waals surface area contributed by atoms with Crippen LogP contribution in [0.3, 0.4) is 0 Å². The lowest BCUT2D eigenvalue weighted by Crippen LogP contribution is -2.39. The van der Waals surface area contributed by atoms with Gasteiger partial charge in [-0.15, -0.1) is 0 Å². The van der Waals surface area contributed by atoms with Gasteiger partial charge in [-0.3, -0.25) is 4.79 Å². The Bertz CT molecular complexity index is 642. The molecule has 0 N–H and O–H groups in total. The number of carbonyl (C=O) groups excluding carboxylic acids is 1. The van der Waals surface area contributed by atoms with E-state index in [1.165, 1.54) is 25.0 Å². The molecule has 0 heterocycles. The van der Waals surface area contributed by atoms with Crippen LogP contribution in [-0.2, 0) is 27.1 Å². The van der Waals surface area contributed by atoms with E-state index in [1.54, 1.807) is 0 Å². The van der Waals surface area contributed by atoms with Crippen molar-refractivity contribution in [3.05, 3.63) is 34.3 Å². The fraction of sp³-hybridized carbons (Fsp3) is 0.667. The lowest BCUT2D eigenvalue weighted by molar-refractivity contribution is -0.167. The number of alkyl halides is 3. The summed E-state index contributed by atoms with van der Waals surface area (Å²) in [5.74, 6) is -0.249. The smallest absolute Gasteiger partial charge is 0.417 e. The van der Waals surface area contributed by atoms with Crippen molar-refractivity contribution < 1.29 is 27.4 Å². The van der Waals surface area contributed by atoms with Crippen molar-refractivity contribution in [1.82, 2.24) is 0 Å². The molecule has 28 heavy (non-hydrogen) atoms. The lowest BCUT2D eigenvalue weighted by atomic mass is 9.91. The summed E-state index contributed by atoms with van der Waals surface area (Å²) in [6.07, 6.45) is 1.96. The first-order valence-electron chi connectivity index (χ1n) is 9.88. The van der Waals surface area contributed by atoms with Gasteiger partial charge < -0.3 is 9.47 Å². The molecule has 1 aliphatic rings. The summed E-state index contributed by atoms with van der Waals surface area (Å²) in [6.45, 7) is 4.23. The van der Waals surface area contributed by atoms with Crippen LogP contribution < -0.4 is 0 Å². The topological polar surface area (TPSA) is 35.5 Å². The third-order valence-electron chi connectivity index (χ3n) is 5.05. The van der Waals surface area contributed by atoms with Crippen LogP contribution in [-0.4, -0.2) is 18.2 Å². The lowest BCUT2D eigenvalue weighted by Gasteiger charge is -2.35. The highest BCUT2D eigenvalue weighted by Gasteiger charge is 2.35. The third kappa shape index (κ3) is 6.96. The van der Waals surface area contributed by atoms with Gasteiger partial charge in [-0.1, -0.05) is 57.2 Å². The molecule has 1 aliphatic carbocycles. The summed E-state index contributed by atoms with van der Waals surface area (Å²) in [4.78, 5) is 12.1. The Labute approximate surface area is 169 Å². The summed E-state index contributed by atoms with van der Waals surface area (Å²) in [5.41, 5.74) is -0.267. The van der Waals surface area contributed by atoms with Crippen molar-refractivity contribution in [1.29, 1.82) is 0 Å². The zero-order chi connectivity index (χ0) is 20.7. The highest BCUT2D eigenvalue weighted by Crippen LogP contribution is 2.35. The van der Waals surface area contributed by atoms with Gasteiger partial charge in [0.15, 0.2) is 0 Å². The van der Waals surface area contributed by atoms with E-state index in [2.05, 4.69) is 6.92 Å². The zero-order valence-corrected chi connectivity index (χ0v) is 17.1. The molecule has 1 saturated carbocycles. The van der Waals surface area contributed by atoms with Gasteiger partial charge >= 0.3 is 12.1 Å². The highest BCUT2D eigenvalue weighted by molar-refractivity contribution is 6.31. The van der Waals surface area contributed by atoms with Crippen LogP contribution in [0.2, 0.25) is 5.02 Å². The van der Waals surface area contributed by atoms with Crippen molar-refractivity contribution in [2.24, 2.45) is 5.92 Å². The number of unbranched alkanes of at least 4 members (excludes halogenated alkanes) is 3. The Hall–Kier alpha value is -1.27. The minimum atomic E-state index is -4.46. The van der Waals surface area contributed by atoms with Gasteiger partial charge in [0.05, 0.1) is 29.2 Å². The minimum Gasteiger partial charge on any atom is -0.462 e. The monoisotopic (exact) mass is 420 g/mol. The SMILES string of the molecule is CCCCCCC(C)C(=O)OC1CC(OCc2ccc(C(F)(F)F)c(Cl)c2)C1. The molecule has 0 aliphatic heterocycles. The number of hydrogen-bond acceptors (Lipinski definition) is 3. The Kier molecular flexibility index (Phi) is 8.62. The summed E-state index contributed by atoms with van der Waals surface area (Å²) >= 11 is 5.71. The molecule has 0 bridgehead atoms. The fourth-order valence-electron chi connectivity index (χ4n) is 3.12. The largest absolute Gasteiger partial charge is 0.462 e. The predicted molar refractivity (Wildman–Crippen MR) is 102 cm³/mol. The van der Waals surface area contributed by atoms with Crippen molar-refractivity contribution in [2.45, 2.75) is 83.8 Å². The highest BCUT2D eigenvalue weighted by atomic mass is 35.5. The number of esters is 1. The zero-order valence-electron chi connectivity index (χ0n) is 16.4. The average Bonchev–Trinajstić information content (AvgIpc) is 2.59. The maximum Gasteiger partial charge on any atom is 0.417 e. The standard InChI is InChI=1S/C21H28ClF3O3/c1-3-4-5-6-7-14(2)20(26)28-17-11-16(12-17)27-13-15-8-9-18(19(22)10-15)21(23,24)25/h8-10,14,16-17H,3-7,11-13H2,1-2H3. The van der Waals surface area contributed by atoms with Gasteiger partial charge in [0.2, 0.25) is 0 Å². The Morgan fingerprint density at radius 2 is 1.93 bits per heavy atom. The van der Waals surface area contributed by atoms with Crippen molar-refractivity contribution in [2.75, 3.05) is 0 Å². The number of carbonyl (C=O) groups is 1. The summed E-state index contributed by atoms with van der Waals surface area (Å²) < 4.78 is 49.3. The minimum absolute atomic E-state index is 0.0567. The van der Waals surface area contributed by atoms with E-state index in [4.69, 9.17) is 21.1 Å². The van der Waals surface area contributed by atoms with E-state index in [1.807, 2.05) is 6.92 Å². The van der Waals surface area contributed by atoms with Gasteiger partial charge in [0, 0.05) is 12.8 Å². The van der Waals surface area contributed by atoms with Crippen LogP contribution in [0.5, 0.6) is 0 Å². The first-order valence-corrected chi connectivity index (χ1v) is 10.3. The second-order valence-corrected chi connectivity index (χ2v) is 7.93. The molecular weight excluding hydrogens is 393 g/mol. The molecule has 0 saturated heterocycles. The quantitative estimate of drug-likeness (QED) is 0.318. The van der Waals surface area contributed by atoms with Crippen LogP contribution in [0.25, 0.3) is 0 Å². The molecule has 0 amide bonds. The van der Waals surface area contributed by atoms with E-state index in [0.717, 1.165) is 25.3 Å². The van der Waals surface area contributed by atoms with E-state index in [-0.39, 0.29) is 35.7 Å². The van der Waals surface area contributed by atoms with Crippen LogP contribution in [0, 0.1) is 5.92 Å². The van der Waals surface area contributed by atoms with Crippen LogP contribution in [0.1, 0.15) is 69.9 Å². The fourth-order valence-corrected chi connectivity index (χ4v) is 3.43. The van der Waals surface area contributed by atoms with Gasteiger partial charge in [0.1, 0.15) is 6.10 Å². The van der Waals surface area contributed by atoms with Gasteiger partial charge in [-0.2, -0.15) is 13.2 Å². The summed E-state index contributed by atoms with van der Waals surface area (Å²) in [6, 6.07) is 3.61. The van der Waals surface area contributed by atoms with Crippen LogP contribution in [0.15, 0.2) is 18.2 Å². The van der Waals surface area contributed by atoms with E-state index < -0.39 is 11.7 Å². The molecule has 1 unspecified atom stereocenters. The average molecular weight is 421 g/mol. The molecule has 0 aromatic heterocycles. The Morgan fingerprint density at radius 1 is 1.21 bits per heavy atom. The first-order chi connectivity index (χ1) is 13.2. The third-order valence-corrected chi connectivity index (χ3v) is 5.36. The molecular formula is C21H28ClF3O3. The number of ether oxygens (including phenoxy) is 2. The molecule has 1 aromatic carbocycles. The second kappa shape index (κ2) is 10.5. The van der Waals surface area contributed by atoms with Crippen molar-refractivity contribution in [3.63, 3.8) is 0 Å². The molecule has 2 rings (SSSR count). The first kappa shape index (κ1) is 23.0. The van der Waals surface area contributed by atoms with E-state index >= 15 is 0 Å². The maximum absolute atomic E-state index is 12.7. The molecule has 0 radical (unpaired) electrons. The molecule has 1 atom stereocenters. The molecule has 0 spiro atoms. The second-order valence-electron chi connectivity index (χ2n) is 7.53. The molecule has 3 nitrogen and oxygen atoms in total. The summed E-state index contributed by atoms with van der Waals surface area (Å²) in [7, 11) is 0. The van der Waals surface area contributed by atoms with Gasteiger partial charge in [-0.25, -0.2) is 0 Å². The van der Waals surface area contributed by atoms with Crippen molar-refractivity contribution >= 4 is 17.6 Å². The van der Waals surface area contributed by atoms with Crippen LogP contribution >= 0.6 is 11.6 Å². The van der Waals surface area contributed by atoms with Crippen molar-refractivity contribution in [3.8, 4) is 0 Å². The molecule has 1 aromatic rings. The number of benzene rings is 1. The predicted octanol–water partition coefficient (Wildman–Crippen LogP) is 6.56. The van der Waals surface area contributed by atoms with E-state index in [9.17, 15) is 18.0 Å². The van der Waals surface area contributed by atoms with Gasteiger partial charge in [-0.05, 0) is 24.1 Å².